The smallest absolute Gasteiger partial charge is 0.323 e. The number of rotatable bonds is 3. The normalized spacial score (nSPS) is 13.3. The molecule has 132 valence electrons. The number of halogens is 1. The van der Waals surface area contributed by atoms with Gasteiger partial charge >= 0.3 is 5.97 Å². The third kappa shape index (κ3) is 3.04. The van der Waals surface area contributed by atoms with Crippen molar-refractivity contribution in [2.45, 2.75) is 6.54 Å². The highest BCUT2D eigenvalue weighted by atomic mass is 35.5. The number of amides is 1. The number of aliphatic carboxylic acids is 1. The average molecular weight is 391 g/mol. The summed E-state index contributed by atoms with van der Waals surface area (Å²) in [4.78, 5) is 28.1. The first kappa shape index (κ1) is 16.6. The number of carboxylic acid groups (broad SMARTS) is 1. The molecule has 0 spiro atoms. The fourth-order valence-corrected chi connectivity index (χ4v) is 3.83. The van der Waals surface area contributed by atoms with Crippen molar-refractivity contribution in [3.05, 3.63) is 51.8 Å². The Kier molecular flexibility index (Phi) is 4.14. The molecule has 3 aromatic rings. The number of nitrogens with zero attached hydrogens (tertiary/aromatic N) is 2. The fraction of sp³-hybridized carbons (Fsp3) is 0.118. The summed E-state index contributed by atoms with van der Waals surface area (Å²) in [6.07, 6.45) is 0. The predicted octanol–water partition coefficient (Wildman–Crippen LogP) is 2.91. The summed E-state index contributed by atoms with van der Waals surface area (Å²) < 4.78 is 12.9. The van der Waals surface area contributed by atoms with E-state index < -0.39 is 11.9 Å². The van der Waals surface area contributed by atoms with Gasteiger partial charge in [0.15, 0.2) is 16.3 Å². The summed E-state index contributed by atoms with van der Waals surface area (Å²) in [6.45, 7) is -0.211. The molecular formula is C17H11ClN2O5S. The van der Waals surface area contributed by atoms with Crippen molar-refractivity contribution in [3.63, 3.8) is 0 Å². The van der Waals surface area contributed by atoms with Crippen molar-refractivity contribution >= 4 is 45.0 Å². The van der Waals surface area contributed by atoms with E-state index in [-0.39, 0.29) is 18.1 Å². The summed E-state index contributed by atoms with van der Waals surface area (Å²) in [5.74, 6) is -0.437. The van der Waals surface area contributed by atoms with E-state index in [4.69, 9.17) is 21.1 Å². The number of hydrogen-bond acceptors (Lipinski definition) is 5. The Morgan fingerprint density at radius 2 is 2.00 bits per heavy atom. The molecule has 0 saturated carbocycles. The number of carboxylic acids is 1. The van der Waals surface area contributed by atoms with Gasteiger partial charge in [-0.05, 0) is 18.2 Å². The fourth-order valence-electron chi connectivity index (χ4n) is 2.61. The Morgan fingerprint density at radius 1 is 1.23 bits per heavy atom. The van der Waals surface area contributed by atoms with Crippen molar-refractivity contribution < 1.29 is 24.2 Å². The largest absolute Gasteiger partial charge is 0.480 e. The van der Waals surface area contributed by atoms with Crippen LogP contribution in [-0.4, -0.2) is 28.3 Å². The lowest BCUT2D eigenvalue weighted by Gasteiger charge is -2.02. The molecule has 1 N–H and O–H groups in total. The van der Waals surface area contributed by atoms with Crippen LogP contribution < -0.4 is 14.3 Å². The van der Waals surface area contributed by atoms with Crippen molar-refractivity contribution in [2.24, 2.45) is 4.99 Å². The molecule has 4 rings (SSSR count). The van der Waals surface area contributed by atoms with Gasteiger partial charge in [-0.1, -0.05) is 29.0 Å². The number of aromatic nitrogens is 1. The van der Waals surface area contributed by atoms with Crippen molar-refractivity contribution in [1.82, 2.24) is 4.57 Å². The summed E-state index contributed by atoms with van der Waals surface area (Å²) in [5.41, 5.74) is 0.935. The van der Waals surface area contributed by atoms with Crippen LogP contribution in [0.4, 0.5) is 0 Å². The zero-order valence-electron chi connectivity index (χ0n) is 13.1. The van der Waals surface area contributed by atoms with Gasteiger partial charge in [-0.3, -0.25) is 9.59 Å². The van der Waals surface area contributed by atoms with Crippen LogP contribution in [0.2, 0.25) is 5.02 Å². The lowest BCUT2D eigenvalue weighted by molar-refractivity contribution is -0.137. The van der Waals surface area contributed by atoms with Gasteiger partial charge in [-0.15, -0.1) is 0 Å². The monoisotopic (exact) mass is 390 g/mol. The Balaban J connectivity index is 1.88. The van der Waals surface area contributed by atoms with Crippen LogP contribution in [0.15, 0.2) is 41.4 Å². The minimum atomic E-state index is -1.04. The van der Waals surface area contributed by atoms with Gasteiger partial charge in [0.25, 0.3) is 5.91 Å². The van der Waals surface area contributed by atoms with Gasteiger partial charge < -0.3 is 19.1 Å². The Morgan fingerprint density at radius 3 is 2.73 bits per heavy atom. The molecule has 0 saturated heterocycles. The van der Waals surface area contributed by atoms with Gasteiger partial charge in [0.05, 0.1) is 10.2 Å². The maximum absolute atomic E-state index is 12.5. The quantitative estimate of drug-likeness (QED) is 0.742. The highest BCUT2D eigenvalue weighted by Gasteiger charge is 2.19. The van der Waals surface area contributed by atoms with Crippen LogP contribution in [0, 0.1) is 0 Å². The number of carbonyl (C=O) groups excluding carboxylic acids is 1. The molecule has 0 fully saturated rings. The standard InChI is InChI=1S/C17H11ClN2O5S/c18-10-3-1-2-9(4-10)16(23)19-17-20(7-15(21)22)11-5-12-13(25-8-24-12)6-14(11)26-17/h1-6H,7-8H2,(H,21,22)/b19-17-. The van der Waals surface area contributed by atoms with Crippen LogP contribution in [0.5, 0.6) is 11.5 Å². The van der Waals surface area contributed by atoms with Crippen LogP contribution in [0.1, 0.15) is 10.4 Å². The van der Waals surface area contributed by atoms with Gasteiger partial charge in [-0.2, -0.15) is 4.99 Å². The molecule has 1 amide bonds. The molecule has 7 nitrogen and oxygen atoms in total. The highest BCUT2D eigenvalue weighted by Crippen LogP contribution is 2.37. The Hall–Kier alpha value is -2.84. The molecule has 0 aliphatic carbocycles. The molecule has 1 aliphatic heterocycles. The lowest BCUT2D eigenvalue weighted by atomic mass is 10.2. The molecule has 2 heterocycles. The van der Waals surface area contributed by atoms with E-state index in [0.717, 1.165) is 4.70 Å². The van der Waals surface area contributed by atoms with E-state index in [2.05, 4.69) is 4.99 Å². The van der Waals surface area contributed by atoms with Crippen molar-refractivity contribution in [2.75, 3.05) is 6.79 Å². The molecule has 0 bridgehead atoms. The second kappa shape index (κ2) is 6.47. The minimum absolute atomic E-state index is 0.121. The van der Waals surface area contributed by atoms with Gasteiger partial charge in [0, 0.05) is 22.7 Å². The number of carbonyl (C=O) groups is 2. The molecule has 0 atom stereocenters. The molecule has 2 aromatic carbocycles. The predicted molar refractivity (Wildman–Crippen MR) is 94.9 cm³/mol. The number of benzene rings is 2. The summed E-state index contributed by atoms with van der Waals surface area (Å²) in [6, 6.07) is 9.87. The maximum Gasteiger partial charge on any atom is 0.323 e. The Bertz CT molecular complexity index is 1120. The molecule has 0 unspecified atom stereocenters. The molecule has 1 aromatic heterocycles. The van der Waals surface area contributed by atoms with Crippen molar-refractivity contribution in [1.29, 1.82) is 0 Å². The molecule has 1 aliphatic rings. The van der Waals surface area contributed by atoms with Crippen molar-refractivity contribution in [3.8, 4) is 11.5 Å². The number of thiazole rings is 1. The van der Waals surface area contributed by atoms with E-state index in [0.29, 0.717) is 27.6 Å². The van der Waals surface area contributed by atoms with E-state index >= 15 is 0 Å². The number of hydrogen-bond donors (Lipinski definition) is 1. The van der Waals surface area contributed by atoms with Crippen LogP contribution in [0.3, 0.4) is 0 Å². The van der Waals surface area contributed by atoms with Gasteiger partial charge in [0.2, 0.25) is 6.79 Å². The number of fused-ring (bicyclic) bond motifs is 2. The summed E-state index contributed by atoms with van der Waals surface area (Å²) in [5, 5.41) is 9.66. The van der Waals surface area contributed by atoms with Gasteiger partial charge in [0.1, 0.15) is 6.54 Å². The lowest BCUT2D eigenvalue weighted by Crippen LogP contribution is -2.21. The van der Waals surface area contributed by atoms with E-state index in [1.54, 1.807) is 30.3 Å². The summed E-state index contributed by atoms with van der Waals surface area (Å²) >= 11 is 7.11. The molecule has 0 radical (unpaired) electrons. The van der Waals surface area contributed by atoms with E-state index in [1.165, 1.54) is 22.0 Å². The first-order chi connectivity index (χ1) is 12.5. The zero-order chi connectivity index (χ0) is 18.3. The van der Waals surface area contributed by atoms with Gasteiger partial charge in [-0.25, -0.2) is 0 Å². The zero-order valence-corrected chi connectivity index (χ0v) is 14.7. The van der Waals surface area contributed by atoms with E-state index in [9.17, 15) is 14.7 Å². The second-order valence-electron chi connectivity index (χ2n) is 5.47. The summed E-state index contributed by atoms with van der Waals surface area (Å²) in [7, 11) is 0. The molecular weight excluding hydrogens is 380 g/mol. The second-order valence-corrected chi connectivity index (χ2v) is 6.91. The highest BCUT2D eigenvalue weighted by molar-refractivity contribution is 7.16. The average Bonchev–Trinajstić information content (AvgIpc) is 3.17. The van der Waals surface area contributed by atoms with E-state index in [1.807, 2.05) is 0 Å². The minimum Gasteiger partial charge on any atom is -0.480 e. The van der Waals surface area contributed by atoms with Crippen LogP contribution in [-0.2, 0) is 11.3 Å². The number of ether oxygens (including phenoxy) is 2. The first-order valence-electron chi connectivity index (χ1n) is 7.50. The Labute approximate surface area is 155 Å². The first-order valence-corrected chi connectivity index (χ1v) is 8.70. The topological polar surface area (TPSA) is 90.1 Å². The van der Waals surface area contributed by atoms with Crippen LogP contribution >= 0.6 is 22.9 Å². The molecule has 26 heavy (non-hydrogen) atoms. The third-order valence-corrected chi connectivity index (χ3v) is 5.02. The third-order valence-electron chi connectivity index (χ3n) is 3.74. The molecule has 9 heteroatoms. The maximum atomic E-state index is 12.5. The SMILES string of the molecule is O=C(O)Cn1/c(=N/C(=O)c2cccc(Cl)c2)sc2cc3c(cc21)OCO3. The van der Waals surface area contributed by atoms with Crippen LogP contribution in [0.25, 0.3) is 10.2 Å².